The Morgan fingerprint density at radius 1 is 1.69 bits per heavy atom. The summed E-state index contributed by atoms with van der Waals surface area (Å²) in [6, 6.07) is 4.63. The molecule has 16 heavy (non-hydrogen) atoms. The number of carbonyl (C=O) groups is 1. The summed E-state index contributed by atoms with van der Waals surface area (Å²) < 4.78 is 0. The van der Waals surface area contributed by atoms with E-state index in [0.717, 1.165) is 0 Å². The molecule has 0 radical (unpaired) electrons. The molecule has 1 atom stereocenters. The van der Waals surface area contributed by atoms with Gasteiger partial charge >= 0.3 is 0 Å². The van der Waals surface area contributed by atoms with E-state index >= 15 is 0 Å². The van der Waals surface area contributed by atoms with Gasteiger partial charge in [-0.3, -0.25) is 4.79 Å². The lowest BCUT2D eigenvalue weighted by Crippen LogP contribution is -2.33. The number of para-hydroxylation sites is 1. The summed E-state index contributed by atoms with van der Waals surface area (Å²) in [5.74, 6) is 2.18. The van der Waals surface area contributed by atoms with E-state index < -0.39 is 0 Å². The molecule has 0 saturated heterocycles. The van der Waals surface area contributed by atoms with Crippen molar-refractivity contribution in [1.82, 2.24) is 5.32 Å². The SMILES string of the molecule is C#CC(CC)NC(=O)c1cccc(Cl)c1N. The van der Waals surface area contributed by atoms with E-state index in [-0.39, 0.29) is 17.6 Å². The second kappa shape index (κ2) is 5.43. The topological polar surface area (TPSA) is 55.1 Å². The van der Waals surface area contributed by atoms with Crippen molar-refractivity contribution in [3.8, 4) is 12.3 Å². The van der Waals surface area contributed by atoms with E-state index in [1.165, 1.54) is 0 Å². The molecule has 0 aliphatic rings. The van der Waals surface area contributed by atoms with Crippen LogP contribution in [0.3, 0.4) is 0 Å². The van der Waals surface area contributed by atoms with Crippen molar-refractivity contribution < 1.29 is 4.79 Å². The highest BCUT2D eigenvalue weighted by molar-refractivity contribution is 6.33. The first-order valence-electron chi connectivity index (χ1n) is 4.91. The fraction of sp³-hybridized carbons (Fsp3) is 0.250. The fourth-order valence-corrected chi connectivity index (χ4v) is 1.41. The van der Waals surface area contributed by atoms with Crippen molar-refractivity contribution in [2.45, 2.75) is 19.4 Å². The zero-order chi connectivity index (χ0) is 12.1. The van der Waals surface area contributed by atoms with Crippen LogP contribution in [0.25, 0.3) is 0 Å². The Hall–Kier alpha value is -1.66. The Morgan fingerprint density at radius 2 is 2.38 bits per heavy atom. The molecule has 0 saturated carbocycles. The highest BCUT2D eigenvalue weighted by Gasteiger charge is 2.13. The Bertz CT molecular complexity index is 437. The van der Waals surface area contributed by atoms with Gasteiger partial charge in [-0.25, -0.2) is 0 Å². The molecule has 3 N–H and O–H groups in total. The van der Waals surface area contributed by atoms with Gasteiger partial charge in [0.05, 0.1) is 22.3 Å². The summed E-state index contributed by atoms with van der Waals surface area (Å²) in [5.41, 5.74) is 6.32. The number of hydrogen-bond acceptors (Lipinski definition) is 2. The van der Waals surface area contributed by atoms with Gasteiger partial charge in [0.25, 0.3) is 5.91 Å². The highest BCUT2D eigenvalue weighted by atomic mass is 35.5. The van der Waals surface area contributed by atoms with E-state index in [4.69, 9.17) is 23.8 Å². The minimum atomic E-state index is -0.301. The van der Waals surface area contributed by atoms with E-state index in [1.807, 2.05) is 6.92 Å². The van der Waals surface area contributed by atoms with Crippen LogP contribution >= 0.6 is 11.6 Å². The summed E-state index contributed by atoms with van der Waals surface area (Å²) in [5, 5.41) is 3.05. The number of terminal acetylenes is 1. The zero-order valence-electron chi connectivity index (χ0n) is 8.96. The normalized spacial score (nSPS) is 11.6. The van der Waals surface area contributed by atoms with Crippen LogP contribution in [-0.4, -0.2) is 11.9 Å². The standard InChI is InChI=1S/C12H13ClN2O/c1-3-8(4-2)15-12(16)9-6-5-7-10(13)11(9)14/h1,5-8H,4,14H2,2H3,(H,15,16). The first-order valence-corrected chi connectivity index (χ1v) is 5.29. The summed E-state index contributed by atoms with van der Waals surface area (Å²) >= 11 is 5.82. The molecular weight excluding hydrogens is 224 g/mol. The molecule has 1 aromatic carbocycles. The lowest BCUT2D eigenvalue weighted by Gasteiger charge is -2.12. The van der Waals surface area contributed by atoms with Crippen molar-refractivity contribution in [1.29, 1.82) is 0 Å². The van der Waals surface area contributed by atoms with E-state index in [1.54, 1.807) is 18.2 Å². The molecule has 84 valence electrons. The van der Waals surface area contributed by atoms with Crippen molar-refractivity contribution >= 4 is 23.2 Å². The number of hydrogen-bond donors (Lipinski definition) is 2. The second-order valence-corrected chi connectivity index (χ2v) is 3.71. The largest absolute Gasteiger partial charge is 0.397 e. The molecule has 0 spiro atoms. The maximum absolute atomic E-state index is 11.8. The highest BCUT2D eigenvalue weighted by Crippen LogP contribution is 2.22. The Labute approximate surface area is 100.0 Å². The van der Waals surface area contributed by atoms with E-state index in [0.29, 0.717) is 17.0 Å². The molecule has 1 unspecified atom stereocenters. The summed E-state index contributed by atoms with van der Waals surface area (Å²) in [7, 11) is 0. The van der Waals surface area contributed by atoms with E-state index in [2.05, 4.69) is 11.2 Å². The van der Waals surface area contributed by atoms with Gasteiger partial charge in [0.1, 0.15) is 0 Å². The summed E-state index contributed by atoms with van der Waals surface area (Å²) in [6.45, 7) is 1.89. The van der Waals surface area contributed by atoms with Crippen LogP contribution in [0.15, 0.2) is 18.2 Å². The summed E-state index contributed by atoms with van der Waals surface area (Å²) in [4.78, 5) is 11.8. The molecule has 1 aromatic rings. The second-order valence-electron chi connectivity index (χ2n) is 3.30. The van der Waals surface area contributed by atoms with Gasteiger partial charge in [-0.1, -0.05) is 30.5 Å². The maximum atomic E-state index is 11.8. The first-order chi connectivity index (χ1) is 7.60. The molecule has 0 heterocycles. The van der Waals surface area contributed by atoms with Gasteiger partial charge in [-0.2, -0.15) is 0 Å². The number of benzene rings is 1. The minimum absolute atomic E-state index is 0.272. The van der Waals surface area contributed by atoms with Gasteiger partial charge in [0.2, 0.25) is 0 Å². The number of rotatable bonds is 3. The molecule has 0 aromatic heterocycles. The minimum Gasteiger partial charge on any atom is -0.397 e. The van der Waals surface area contributed by atoms with Crippen molar-refractivity contribution in [2.75, 3.05) is 5.73 Å². The van der Waals surface area contributed by atoms with E-state index in [9.17, 15) is 4.79 Å². The third-order valence-electron chi connectivity index (χ3n) is 2.21. The van der Waals surface area contributed by atoms with Crippen molar-refractivity contribution in [3.63, 3.8) is 0 Å². The third kappa shape index (κ3) is 2.68. The molecule has 1 rings (SSSR count). The molecular formula is C12H13ClN2O. The lowest BCUT2D eigenvalue weighted by molar-refractivity contribution is 0.0946. The number of nitrogens with one attached hydrogen (secondary N) is 1. The fourth-order valence-electron chi connectivity index (χ4n) is 1.23. The van der Waals surface area contributed by atoms with Crippen LogP contribution in [0, 0.1) is 12.3 Å². The predicted octanol–water partition coefficient (Wildman–Crippen LogP) is 2.06. The van der Waals surface area contributed by atoms with Crippen LogP contribution < -0.4 is 11.1 Å². The molecule has 0 aliphatic heterocycles. The van der Waals surface area contributed by atoms with Crippen LogP contribution in [0.1, 0.15) is 23.7 Å². The average Bonchev–Trinajstić information content (AvgIpc) is 2.29. The van der Waals surface area contributed by atoms with Gasteiger partial charge in [-0.15, -0.1) is 6.42 Å². The molecule has 3 nitrogen and oxygen atoms in total. The monoisotopic (exact) mass is 236 g/mol. The Balaban J connectivity index is 2.90. The zero-order valence-corrected chi connectivity index (χ0v) is 9.71. The van der Waals surface area contributed by atoms with Crippen molar-refractivity contribution in [2.24, 2.45) is 0 Å². The summed E-state index contributed by atoms with van der Waals surface area (Å²) in [6.07, 6.45) is 5.92. The number of carbonyl (C=O) groups excluding carboxylic acids is 1. The molecule has 1 amide bonds. The number of halogens is 1. The number of nitrogens with two attached hydrogens (primary N) is 1. The lowest BCUT2D eigenvalue weighted by atomic mass is 10.1. The molecule has 0 bridgehead atoms. The van der Waals surface area contributed by atoms with Crippen LogP contribution in [0.5, 0.6) is 0 Å². The maximum Gasteiger partial charge on any atom is 0.254 e. The van der Waals surface area contributed by atoms with Gasteiger partial charge in [-0.05, 0) is 18.6 Å². The van der Waals surface area contributed by atoms with Gasteiger partial charge in [0, 0.05) is 0 Å². The number of anilines is 1. The van der Waals surface area contributed by atoms with Crippen LogP contribution in [0.2, 0.25) is 5.02 Å². The molecule has 4 heteroatoms. The Morgan fingerprint density at radius 3 is 2.94 bits per heavy atom. The molecule has 0 aliphatic carbocycles. The average molecular weight is 237 g/mol. The smallest absolute Gasteiger partial charge is 0.254 e. The first kappa shape index (κ1) is 12.4. The predicted molar refractivity (Wildman–Crippen MR) is 66.2 cm³/mol. The van der Waals surface area contributed by atoms with Crippen LogP contribution in [-0.2, 0) is 0 Å². The number of nitrogen functional groups attached to an aromatic ring is 1. The van der Waals surface area contributed by atoms with Gasteiger partial charge < -0.3 is 11.1 Å². The Kier molecular flexibility index (Phi) is 4.21. The number of amides is 1. The molecule has 0 fully saturated rings. The quantitative estimate of drug-likeness (QED) is 0.624. The van der Waals surface area contributed by atoms with Crippen molar-refractivity contribution in [3.05, 3.63) is 28.8 Å². The van der Waals surface area contributed by atoms with Crippen LogP contribution in [0.4, 0.5) is 5.69 Å². The third-order valence-corrected chi connectivity index (χ3v) is 2.54. The van der Waals surface area contributed by atoms with Gasteiger partial charge in [0.15, 0.2) is 0 Å².